The zero-order valence-electron chi connectivity index (χ0n) is 18.6. The summed E-state index contributed by atoms with van der Waals surface area (Å²) >= 11 is 0. The standard InChI is InChI=1S/C26H22F3N3O3/c27-26(28,29)18-7-4-8-19(11-18)32-25-21-12-24-23(13-22(21)30-16-31-25)34-15-20(35-24)9-10-33-14-17-5-2-1-3-6-17/h1-8,11-13,16,20H,9-10,14-15H2,(H,30,31,32). The van der Waals surface area contributed by atoms with Crippen molar-refractivity contribution in [1.29, 1.82) is 0 Å². The van der Waals surface area contributed by atoms with Crippen LogP contribution in [0.5, 0.6) is 11.5 Å². The molecule has 1 aromatic heterocycles. The van der Waals surface area contributed by atoms with Gasteiger partial charge < -0.3 is 19.5 Å². The van der Waals surface area contributed by atoms with E-state index in [9.17, 15) is 13.2 Å². The first-order valence-electron chi connectivity index (χ1n) is 11.1. The lowest BCUT2D eigenvalue weighted by Gasteiger charge is -2.27. The first-order valence-corrected chi connectivity index (χ1v) is 11.1. The minimum atomic E-state index is -4.44. The molecule has 3 aromatic carbocycles. The van der Waals surface area contributed by atoms with Crippen molar-refractivity contribution in [2.24, 2.45) is 0 Å². The van der Waals surface area contributed by atoms with Gasteiger partial charge in [0.15, 0.2) is 11.5 Å². The van der Waals surface area contributed by atoms with E-state index in [-0.39, 0.29) is 11.8 Å². The van der Waals surface area contributed by atoms with E-state index >= 15 is 0 Å². The number of anilines is 2. The SMILES string of the molecule is FC(F)(F)c1cccc(Nc2ncnc3cc4c(cc23)OC(CCOCc2ccccc2)CO4)c1. The maximum absolute atomic E-state index is 13.1. The van der Waals surface area contributed by atoms with Crippen LogP contribution < -0.4 is 14.8 Å². The number of ether oxygens (including phenoxy) is 3. The first kappa shape index (κ1) is 22.9. The molecule has 0 saturated heterocycles. The van der Waals surface area contributed by atoms with Crippen LogP contribution in [0.4, 0.5) is 24.7 Å². The molecule has 0 amide bonds. The summed E-state index contributed by atoms with van der Waals surface area (Å²) < 4.78 is 57.0. The van der Waals surface area contributed by atoms with Crippen LogP contribution in [0.15, 0.2) is 73.1 Å². The van der Waals surface area contributed by atoms with Gasteiger partial charge in [0.05, 0.1) is 24.3 Å². The van der Waals surface area contributed by atoms with Gasteiger partial charge in [-0.3, -0.25) is 0 Å². The van der Waals surface area contributed by atoms with Crippen LogP contribution in [-0.4, -0.2) is 29.3 Å². The van der Waals surface area contributed by atoms with E-state index in [0.717, 1.165) is 17.7 Å². The summed E-state index contributed by atoms with van der Waals surface area (Å²) in [5.41, 5.74) is 1.21. The van der Waals surface area contributed by atoms with E-state index in [0.29, 0.717) is 54.5 Å². The summed E-state index contributed by atoms with van der Waals surface area (Å²) in [6.07, 6.45) is -2.64. The van der Waals surface area contributed by atoms with Gasteiger partial charge in [0, 0.05) is 23.6 Å². The molecule has 0 spiro atoms. The number of nitrogens with one attached hydrogen (secondary N) is 1. The number of fused-ring (bicyclic) bond motifs is 2. The minimum Gasteiger partial charge on any atom is -0.486 e. The van der Waals surface area contributed by atoms with Gasteiger partial charge in [-0.05, 0) is 29.8 Å². The lowest BCUT2D eigenvalue weighted by atomic mass is 10.1. The number of aromatic nitrogens is 2. The van der Waals surface area contributed by atoms with E-state index in [1.165, 1.54) is 12.4 Å². The third-order valence-electron chi connectivity index (χ3n) is 5.57. The second-order valence-electron chi connectivity index (χ2n) is 8.12. The van der Waals surface area contributed by atoms with Crippen molar-refractivity contribution >= 4 is 22.4 Å². The van der Waals surface area contributed by atoms with Gasteiger partial charge in [-0.15, -0.1) is 0 Å². The Morgan fingerprint density at radius 2 is 1.83 bits per heavy atom. The Morgan fingerprint density at radius 1 is 0.971 bits per heavy atom. The molecule has 0 radical (unpaired) electrons. The molecule has 1 atom stereocenters. The van der Waals surface area contributed by atoms with Gasteiger partial charge in [-0.1, -0.05) is 36.4 Å². The van der Waals surface area contributed by atoms with E-state index in [2.05, 4.69) is 15.3 Å². The van der Waals surface area contributed by atoms with Crippen molar-refractivity contribution in [2.75, 3.05) is 18.5 Å². The summed E-state index contributed by atoms with van der Waals surface area (Å²) in [7, 11) is 0. The quantitative estimate of drug-likeness (QED) is 0.320. The molecule has 0 fully saturated rings. The molecule has 1 aliphatic rings. The fourth-order valence-corrected chi connectivity index (χ4v) is 3.80. The van der Waals surface area contributed by atoms with Gasteiger partial charge >= 0.3 is 6.18 Å². The fourth-order valence-electron chi connectivity index (χ4n) is 3.80. The summed E-state index contributed by atoms with van der Waals surface area (Å²) in [6, 6.07) is 18.4. The highest BCUT2D eigenvalue weighted by Gasteiger charge is 2.30. The minimum absolute atomic E-state index is 0.194. The number of hydrogen-bond donors (Lipinski definition) is 1. The Hall–Kier alpha value is -3.85. The number of nitrogens with zero attached hydrogens (tertiary/aromatic N) is 2. The predicted molar refractivity (Wildman–Crippen MR) is 125 cm³/mol. The molecule has 0 bridgehead atoms. The van der Waals surface area contributed by atoms with Crippen molar-refractivity contribution in [1.82, 2.24) is 9.97 Å². The van der Waals surface area contributed by atoms with Crippen LogP contribution >= 0.6 is 0 Å². The van der Waals surface area contributed by atoms with Crippen molar-refractivity contribution in [3.63, 3.8) is 0 Å². The fraction of sp³-hybridized carbons (Fsp3) is 0.231. The number of benzene rings is 3. The molecular weight excluding hydrogens is 459 g/mol. The molecule has 6 nitrogen and oxygen atoms in total. The Balaban J connectivity index is 1.29. The normalized spacial score (nSPS) is 15.2. The average Bonchev–Trinajstić information content (AvgIpc) is 2.86. The molecule has 0 saturated carbocycles. The molecule has 1 aliphatic heterocycles. The second kappa shape index (κ2) is 9.79. The summed E-state index contributed by atoms with van der Waals surface area (Å²) in [4.78, 5) is 8.50. The van der Waals surface area contributed by atoms with Gasteiger partial charge in [-0.2, -0.15) is 13.2 Å². The Kier molecular flexibility index (Phi) is 6.41. The van der Waals surface area contributed by atoms with Crippen molar-refractivity contribution in [3.05, 3.63) is 84.2 Å². The number of hydrogen-bond acceptors (Lipinski definition) is 6. The highest BCUT2D eigenvalue weighted by Crippen LogP contribution is 2.38. The molecule has 9 heteroatoms. The number of alkyl halides is 3. The molecule has 5 rings (SSSR count). The maximum atomic E-state index is 13.1. The number of halogens is 3. The van der Waals surface area contributed by atoms with Crippen LogP contribution in [0.1, 0.15) is 17.5 Å². The van der Waals surface area contributed by atoms with E-state index < -0.39 is 11.7 Å². The number of rotatable bonds is 7. The van der Waals surface area contributed by atoms with Crippen LogP contribution in [-0.2, 0) is 17.5 Å². The molecule has 1 unspecified atom stereocenters. The predicted octanol–water partition coefficient (Wildman–Crippen LogP) is 6.14. The Labute approximate surface area is 199 Å². The van der Waals surface area contributed by atoms with Crippen LogP contribution in [0.3, 0.4) is 0 Å². The van der Waals surface area contributed by atoms with Crippen molar-refractivity contribution in [3.8, 4) is 11.5 Å². The third kappa shape index (κ3) is 5.46. The lowest BCUT2D eigenvalue weighted by Crippen LogP contribution is -2.30. The van der Waals surface area contributed by atoms with E-state index in [4.69, 9.17) is 14.2 Å². The highest BCUT2D eigenvalue weighted by molar-refractivity contribution is 5.93. The zero-order chi connectivity index (χ0) is 24.3. The topological polar surface area (TPSA) is 65.5 Å². The molecule has 0 aliphatic carbocycles. The van der Waals surface area contributed by atoms with Crippen LogP contribution in [0.25, 0.3) is 10.9 Å². The van der Waals surface area contributed by atoms with Gasteiger partial charge in [0.1, 0.15) is 24.9 Å². The summed E-state index contributed by atoms with van der Waals surface area (Å²) in [6.45, 7) is 1.42. The van der Waals surface area contributed by atoms with Crippen LogP contribution in [0, 0.1) is 0 Å². The Bertz CT molecular complexity index is 1320. The maximum Gasteiger partial charge on any atom is 0.416 e. The van der Waals surface area contributed by atoms with Crippen molar-refractivity contribution < 1.29 is 27.4 Å². The molecule has 2 heterocycles. The largest absolute Gasteiger partial charge is 0.486 e. The molecule has 180 valence electrons. The molecule has 35 heavy (non-hydrogen) atoms. The Morgan fingerprint density at radius 3 is 2.66 bits per heavy atom. The third-order valence-corrected chi connectivity index (χ3v) is 5.57. The highest BCUT2D eigenvalue weighted by atomic mass is 19.4. The first-order chi connectivity index (χ1) is 17.0. The van der Waals surface area contributed by atoms with Crippen molar-refractivity contribution in [2.45, 2.75) is 25.3 Å². The molecule has 1 N–H and O–H groups in total. The van der Waals surface area contributed by atoms with Gasteiger partial charge in [0.25, 0.3) is 0 Å². The summed E-state index contributed by atoms with van der Waals surface area (Å²) in [5, 5.41) is 3.57. The zero-order valence-corrected chi connectivity index (χ0v) is 18.6. The second-order valence-corrected chi connectivity index (χ2v) is 8.12. The molecular formula is C26H22F3N3O3. The van der Waals surface area contributed by atoms with Gasteiger partial charge in [0.2, 0.25) is 0 Å². The van der Waals surface area contributed by atoms with E-state index in [1.807, 2.05) is 30.3 Å². The smallest absolute Gasteiger partial charge is 0.416 e. The average molecular weight is 481 g/mol. The van der Waals surface area contributed by atoms with Crippen LogP contribution in [0.2, 0.25) is 0 Å². The molecule has 4 aromatic rings. The van der Waals surface area contributed by atoms with E-state index in [1.54, 1.807) is 18.2 Å². The lowest BCUT2D eigenvalue weighted by molar-refractivity contribution is -0.137. The monoisotopic (exact) mass is 481 g/mol. The summed E-state index contributed by atoms with van der Waals surface area (Å²) in [5.74, 6) is 1.45. The van der Waals surface area contributed by atoms with Gasteiger partial charge in [-0.25, -0.2) is 9.97 Å².